The first-order chi connectivity index (χ1) is 11.3. The number of hydrogen-bond acceptors (Lipinski definition) is 5. The van der Waals surface area contributed by atoms with Gasteiger partial charge in [0.2, 0.25) is 5.91 Å². The van der Waals surface area contributed by atoms with Crippen molar-refractivity contribution in [2.75, 3.05) is 5.75 Å². The molecule has 3 rings (SSSR count). The predicted octanol–water partition coefficient (Wildman–Crippen LogP) is 2.46. The fourth-order valence-electron chi connectivity index (χ4n) is 2.84. The van der Waals surface area contributed by atoms with Crippen LogP contribution in [0, 0.1) is 13.8 Å². The van der Waals surface area contributed by atoms with Gasteiger partial charge in [0.15, 0.2) is 5.16 Å². The summed E-state index contributed by atoms with van der Waals surface area (Å²) in [6, 6.07) is 5.97. The number of aryl methyl sites for hydroxylation is 2. The molecule has 5 nitrogen and oxygen atoms in total. The maximum atomic E-state index is 13.1. The van der Waals surface area contributed by atoms with Gasteiger partial charge >= 0.3 is 0 Å². The highest BCUT2D eigenvalue weighted by molar-refractivity contribution is 8.00. The monoisotopic (exact) mass is 361 g/mol. The molecular weight excluding hydrogens is 342 g/mol. The Morgan fingerprint density at radius 1 is 1.38 bits per heavy atom. The number of primary amides is 1. The number of nitrogens with two attached hydrogens (primary N) is 1. The van der Waals surface area contributed by atoms with Crippen LogP contribution in [0.3, 0.4) is 0 Å². The minimum absolute atomic E-state index is 0.0636. The number of fused-ring (bicyclic) bond motifs is 1. The second-order valence-corrected chi connectivity index (χ2v) is 8.44. The Labute approximate surface area is 149 Å². The zero-order chi connectivity index (χ0) is 17.4. The van der Waals surface area contributed by atoms with Crippen LogP contribution in [0.5, 0.6) is 0 Å². The normalized spacial score (nSPS) is 16.2. The van der Waals surface area contributed by atoms with Crippen molar-refractivity contribution in [3.8, 4) is 5.69 Å². The zero-order valence-corrected chi connectivity index (χ0v) is 15.5. The maximum absolute atomic E-state index is 13.1. The van der Waals surface area contributed by atoms with Crippen LogP contribution in [0.4, 0.5) is 0 Å². The molecule has 7 heteroatoms. The summed E-state index contributed by atoms with van der Waals surface area (Å²) in [4.78, 5) is 29.6. The highest BCUT2D eigenvalue weighted by Gasteiger charge is 2.27. The Balaban J connectivity index is 2.20. The van der Waals surface area contributed by atoms with Gasteiger partial charge in [-0.25, -0.2) is 4.98 Å². The largest absolute Gasteiger partial charge is 0.369 e. The summed E-state index contributed by atoms with van der Waals surface area (Å²) in [6.07, 6.45) is 0.771. The van der Waals surface area contributed by atoms with E-state index < -0.39 is 5.91 Å². The van der Waals surface area contributed by atoms with Crippen LogP contribution in [0.15, 0.2) is 33.0 Å². The molecule has 2 heterocycles. The van der Waals surface area contributed by atoms with E-state index in [1.54, 1.807) is 16.3 Å². The molecule has 0 saturated heterocycles. The Morgan fingerprint density at radius 2 is 2.04 bits per heavy atom. The summed E-state index contributed by atoms with van der Waals surface area (Å²) in [7, 11) is 0. The summed E-state index contributed by atoms with van der Waals surface area (Å²) in [5.41, 5.74) is 8.96. The molecule has 0 bridgehead atoms. The smallest absolute Gasteiger partial charge is 0.272 e. The van der Waals surface area contributed by atoms with Gasteiger partial charge in [0.25, 0.3) is 5.56 Å². The molecular formula is C17H19N3O2S2. The summed E-state index contributed by atoms with van der Waals surface area (Å²) in [6.45, 7) is 6.08. The average Bonchev–Trinajstić information content (AvgIpc) is 2.85. The first-order valence-corrected chi connectivity index (χ1v) is 9.54. The maximum Gasteiger partial charge on any atom is 0.272 e. The van der Waals surface area contributed by atoms with E-state index in [-0.39, 0.29) is 11.3 Å². The second-order valence-electron chi connectivity index (χ2n) is 6.04. The molecule has 2 N–H and O–H groups in total. The van der Waals surface area contributed by atoms with Gasteiger partial charge in [0, 0.05) is 11.7 Å². The zero-order valence-electron chi connectivity index (χ0n) is 13.8. The van der Waals surface area contributed by atoms with Gasteiger partial charge in [0.1, 0.15) is 0 Å². The molecule has 0 aliphatic carbocycles. The summed E-state index contributed by atoms with van der Waals surface area (Å²) in [5, 5.41) is 0.863. The van der Waals surface area contributed by atoms with Crippen LogP contribution in [0.25, 0.3) is 5.69 Å². The summed E-state index contributed by atoms with van der Waals surface area (Å²) < 4.78 is 1.61. The summed E-state index contributed by atoms with van der Waals surface area (Å²) in [5.74, 6) is -0.330. The van der Waals surface area contributed by atoms with Crippen molar-refractivity contribution in [3.05, 3.63) is 45.4 Å². The third kappa shape index (κ3) is 3.37. The molecule has 1 aromatic heterocycles. The molecule has 1 amide bonds. The number of benzene rings is 1. The van der Waals surface area contributed by atoms with E-state index >= 15 is 0 Å². The fourth-order valence-corrected chi connectivity index (χ4v) is 4.70. The minimum Gasteiger partial charge on any atom is -0.369 e. The number of thioether (sulfide) groups is 2. The molecule has 0 saturated carbocycles. The lowest BCUT2D eigenvalue weighted by Crippen LogP contribution is -2.25. The lowest BCUT2D eigenvalue weighted by molar-refractivity contribution is -0.115. The van der Waals surface area contributed by atoms with Gasteiger partial charge in [-0.2, -0.15) is 0 Å². The van der Waals surface area contributed by atoms with Crippen molar-refractivity contribution >= 4 is 29.4 Å². The van der Waals surface area contributed by atoms with Gasteiger partial charge in [0.05, 0.1) is 22.0 Å². The van der Waals surface area contributed by atoms with Crippen LogP contribution >= 0.6 is 23.5 Å². The highest BCUT2D eigenvalue weighted by Crippen LogP contribution is 2.34. The SMILES string of the molecule is Cc1cc(C)cc(-n2c(SCC(N)=O)nc3c(c2=O)S[C@@H](C)C3)c1. The first-order valence-electron chi connectivity index (χ1n) is 7.67. The molecule has 0 radical (unpaired) electrons. The first kappa shape index (κ1) is 17.1. The van der Waals surface area contributed by atoms with Gasteiger partial charge in [-0.05, 0) is 37.1 Å². The number of carbonyl (C=O) groups excluding carboxylic acids is 1. The van der Waals surface area contributed by atoms with Crippen LogP contribution in [0.2, 0.25) is 0 Å². The predicted molar refractivity (Wildman–Crippen MR) is 98.2 cm³/mol. The van der Waals surface area contributed by atoms with Crippen molar-refractivity contribution in [2.24, 2.45) is 5.73 Å². The Kier molecular flexibility index (Phi) is 4.73. The van der Waals surface area contributed by atoms with Crippen LogP contribution in [-0.2, 0) is 11.2 Å². The number of rotatable bonds is 4. The number of carbonyl (C=O) groups is 1. The van der Waals surface area contributed by atoms with Crippen molar-refractivity contribution < 1.29 is 4.79 Å². The van der Waals surface area contributed by atoms with Crippen molar-refractivity contribution in [2.45, 2.75) is 42.5 Å². The van der Waals surface area contributed by atoms with E-state index in [0.29, 0.717) is 15.3 Å². The minimum atomic E-state index is -0.426. The molecule has 24 heavy (non-hydrogen) atoms. The Hall–Kier alpha value is -1.73. The van der Waals surface area contributed by atoms with E-state index in [2.05, 4.69) is 18.0 Å². The number of amides is 1. The Morgan fingerprint density at radius 3 is 2.67 bits per heavy atom. The number of hydrogen-bond donors (Lipinski definition) is 1. The number of nitrogens with zero attached hydrogens (tertiary/aromatic N) is 2. The molecule has 0 fully saturated rings. The van der Waals surface area contributed by atoms with Crippen molar-refractivity contribution in [1.29, 1.82) is 0 Å². The van der Waals surface area contributed by atoms with Gasteiger partial charge in [-0.1, -0.05) is 24.8 Å². The van der Waals surface area contributed by atoms with E-state index in [1.165, 1.54) is 11.8 Å². The highest BCUT2D eigenvalue weighted by atomic mass is 32.2. The van der Waals surface area contributed by atoms with Crippen LogP contribution < -0.4 is 11.3 Å². The van der Waals surface area contributed by atoms with E-state index in [0.717, 1.165) is 28.9 Å². The van der Waals surface area contributed by atoms with Crippen LogP contribution in [-0.4, -0.2) is 26.5 Å². The lowest BCUT2D eigenvalue weighted by atomic mass is 10.1. The standard InChI is InChI=1S/C17H19N3O2S2/c1-9-4-10(2)6-12(5-9)20-16(22)15-13(7-11(3)24-15)19-17(20)23-8-14(18)21/h4-6,11H,7-8H2,1-3H3,(H2,18,21)/t11-/m0/s1. The molecule has 2 aromatic rings. The van der Waals surface area contributed by atoms with Gasteiger partial charge < -0.3 is 5.73 Å². The van der Waals surface area contributed by atoms with E-state index in [1.807, 2.05) is 26.0 Å². The fraction of sp³-hybridized carbons (Fsp3) is 0.353. The van der Waals surface area contributed by atoms with Gasteiger partial charge in [-0.3, -0.25) is 14.2 Å². The lowest BCUT2D eigenvalue weighted by Gasteiger charge is -2.14. The van der Waals surface area contributed by atoms with Crippen LogP contribution in [0.1, 0.15) is 23.7 Å². The molecule has 126 valence electrons. The second kappa shape index (κ2) is 6.64. The van der Waals surface area contributed by atoms with Crippen molar-refractivity contribution in [3.63, 3.8) is 0 Å². The molecule has 0 unspecified atom stereocenters. The molecule has 0 spiro atoms. The number of aromatic nitrogens is 2. The quantitative estimate of drug-likeness (QED) is 0.668. The molecule has 1 atom stereocenters. The molecule has 1 aliphatic heterocycles. The van der Waals surface area contributed by atoms with Crippen molar-refractivity contribution in [1.82, 2.24) is 9.55 Å². The average molecular weight is 361 g/mol. The van der Waals surface area contributed by atoms with E-state index in [9.17, 15) is 9.59 Å². The third-order valence-corrected chi connectivity index (χ3v) is 5.87. The third-order valence-electron chi connectivity index (χ3n) is 3.69. The Bertz CT molecular complexity index is 857. The van der Waals surface area contributed by atoms with E-state index in [4.69, 9.17) is 5.73 Å². The summed E-state index contributed by atoms with van der Waals surface area (Å²) >= 11 is 2.78. The topological polar surface area (TPSA) is 78.0 Å². The molecule has 1 aliphatic rings. The van der Waals surface area contributed by atoms with Gasteiger partial charge in [-0.15, -0.1) is 11.8 Å². The molecule has 1 aromatic carbocycles.